The third kappa shape index (κ3) is 2.40. The first-order valence-corrected chi connectivity index (χ1v) is 5.97. The van der Waals surface area contributed by atoms with Gasteiger partial charge in [0.05, 0.1) is 6.61 Å². The highest BCUT2D eigenvalue weighted by molar-refractivity contribution is 5.80. The molecule has 0 saturated heterocycles. The number of allylic oxidation sites excluding steroid dienone is 6. The van der Waals surface area contributed by atoms with Gasteiger partial charge in [-0.25, -0.2) is 0 Å². The Hall–Kier alpha value is -1.60. The van der Waals surface area contributed by atoms with E-state index in [1.54, 1.807) is 0 Å². The smallest absolute Gasteiger partial charge is 0.0687 e. The van der Waals surface area contributed by atoms with Crippen molar-refractivity contribution in [3.8, 4) is 0 Å². The van der Waals surface area contributed by atoms with E-state index in [0.29, 0.717) is 0 Å². The fraction of sp³-hybridized carbons (Fsp3) is 0.250. The summed E-state index contributed by atoms with van der Waals surface area (Å²) in [5.74, 6) is 0. The average Bonchev–Trinajstić information content (AvgIpc) is 2.61. The van der Waals surface area contributed by atoms with Gasteiger partial charge in [-0.2, -0.15) is 0 Å². The first-order valence-electron chi connectivity index (χ1n) is 5.97. The molecule has 88 valence electrons. The minimum atomic E-state index is 0.0886. The molecule has 1 heteroatoms. The van der Waals surface area contributed by atoms with E-state index < -0.39 is 0 Å². The Morgan fingerprint density at radius 2 is 2.00 bits per heavy atom. The van der Waals surface area contributed by atoms with Crippen LogP contribution in [0.1, 0.15) is 28.7 Å². The number of benzene rings is 1. The molecule has 0 bridgehead atoms. The van der Waals surface area contributed by atoms with Crippen LogP contribution in [0.15, 0.2) is 42.5 Å². The Labute approximate surface area is 103 Å². The van der Waals surface area contributed by atoms with Crippen molar-refractivity contribution in [2.45, 2.75) is 26.9 Å². The quantitative estimate of drug-likeness (QED) is 0.815. The van der Waals surface area contributed by atoms with Gasteiger partial charge in [-0.3, -0.25) is 0 Å². The largest absolute Gasteiger partial charge is 0.392 e. The highest BCUT2D eigenvalue weighted by Crippen LogP contribution is 2.28. The van der Waals surface area contributed by atoms with Crippen LogP contribution in [0, 0.1) is 13.8 Å². The summed E-state index contributed by atoms with van der Waals surface area (Å²) in [5, 5.41) is 9.47. The maximum Gasteiger partial charge on any atom is 0.0687 e. The van der Waals surface area contributed by atoms with Gasteiger partial charge in [0.2, 0.25) is 0 Å². The summed E-state index contributed by atoms with van der Waals surface area (Å²) in [5.41, 5.74) is 5.88. The fourth-order valence-corrected chi connectivity index (χ4v) is 2.15. The Balaban J connectivity index is 2.60. The molecular weight excluding hydrogens is 208 g/mol. The Kier molecular flexibility index (Phi) is 3.60. The molecule has 0 aliphatic heterocycles. The average molecular weight is 226 g/mol. The molecule has 1 aliphatic carbocycles. The first-order chi connectivity index (χ1) is 8.24. The van der Waals surface area contributed by atoms with Gasteiger partial charge in [0.1, 0.15) is 0 Å². The molecule has 0 aromatic heterocycles. The SMILES string of the molecule is Cc1ccc(CO)c(C2=CC=CCC=C2)c1C. The van der Waals surface area contributed by atoms with Crippen LogP contribution in [-0.2, 0) is 6.61 Å². The minimum Gasteiger partial charge on any atom is -0.392 e. The molecule has 2 rings (SSSR count). The van der Waals surface area contributed by atoms with Gasteiger partial charge in [-0.15, -0.1) is 0 Å². The number of rotatable bonds is 2. The van der Waals surface area contributed by atoms with Crippen LogP contribution in [0.25, 0.3) is 5.57 Å². The molecule has 0 spiro atoms. The summed E-state index contributed by atoms with van der Waals surface area (Å²) in [4.78, 5) is 0. The van der Waals surface area contributed by atoms with Crippen LogP contribution in [0.5, 0.6) is 0 Å². The normalized spacial score (nSPS) is 14.6. The lowest BCUT2D eigenvalue weighted by Crippen LogP contribution is -1.98. The molecule has 0 heterocycles. The van der Waals surface area contributed by atoms with Crippen LogP contribution in [0.3, 0.4) is 0 Å². The third-order valence-corrected chi connectivity index (χ3v) is 3.26. The predicted molar refractivity (Wildman–Crippen MR) is 72.7 cm³/mol. The molecule has 0 fully saturated rings. The summed E-state index contributed by atoms with van der Waals surface area (Å²) in [6.07, 6.45) is 11.6. The summed E-state index contributed by atoms with van der Waals surface area (Å²) in [6, 6.07) is 4.09. The number of hydrogen-bond acceptors (Lipinski definition) is 1. The summed E-state index contributed by atoms with van der Waals surface area (Å²) < 4.78 is 0. The molecule has 0 atom stereocenters. The van der Waals surface area contributed by atoms with E-state index in [1.807, 2.05) is 6.07 Å². The number of hydrogen-bond donors (Lipinski definition) is 1. The van der Waals surface area contributed by atoms with Gasteiger partial charge in [-0.1, -0.05) is 42.5 Å². The molecule has 0 saturated carbocycles. The van der Waals surface area contributed by atoms with Crippen molar-refractivity contribution in [1.82, 2.24) is 0 Å². The van der Waals surface area contributed by atoms with Gasteiger partial charge in [-0.05, 0) is 48.1 Å². The van der Waals surface area contributed by atoms with Crippen molar-refractivity contribution in [1.29, 1.82) is 0 Å². The van der Waals surface area contributed by atoms with Gasteiger partial charge < -0.3 is 5.11 Å². The molecule has 0 radical (unpaired) electrons. The van der Waals surface area contributed by atoms with E-state index in [9.17, 15) is 5.11 Å². The summed E-state index contributed by atoms with van der Waals surface area (Å²) in [7, 11) is 0. The van der Waals surface area contributed by atoms with Crippen molar-refractivity contribution in [3.05, 3.63) is 64.8 Å². The van der Waals surface area contributed by atoms with Gasteiger partial charge in [0, 0.05) is 0 Å². The number of aliphatic hydroxyl groups is 1. The van der Waals surface area contributed by atoms with Crippen LogP contribution < -0.4 is 0 Å². The van der Waals surface area contributed by atoms with Crippen molar-refractivity contribution in [2.24, 2.45) is 0 Å². The Bertz CT molecular complexity index is 505. The van der Waals surface area contributed by atoms with E-state index in [1.165, 1.54) is 22.3 Å². The van der Waals surface area contributed by atoms with Gasteiger partial charge >= 0.3 is 0 Å². The van der Waals surface area contributed by atoms with Crippen LogP contribution in [-0.4, -0.2) is 5.11 Å². The topological polar surface area (TPSA) is 20.2 Å². The van der Waals surface area contributed by atoms with Gasteiger partial charge in [0.15, 0.2) is 0 Å². The highest BCUT2D eigenvalue weighted by Gasteiger charge is 2.10. The second-order valence-corrected chi connectivity index (χ2v) is 4.39. The standard InChI is InChI=1S/C16H18O/c1-12-9-10-15(11-17)16(13(12)2)14-7-5-3-4-6-8-14/h3,5-10,17H,4,11H2,1-2H3. The van der Waals surface area contributed by atoms with E-state index in [4.69, 9.17) is 0 Å². The lowest BCUT2D eigenvalue weighted by atomic mass is 9.92. The lowest BCUT2D eigenvalue weighted by molar-refractivity contribution is 0.281. The van der Waals surface area contributed by atoms with E-state index in [0.717, 1.165) is 12.0 Å². The number of aryl methyl sites for hydroxylation is 1. The third-order valence-electron chi connectivity index (χ3n) is 3.26. The monoisotopic (exact) mass is 226 g/mol. The van der Waals surface area contributed by atoms with Crippen molar-refractivity contribution < 1.29 is 5.11 Å². The molecule has 1 aliphatic rings. The second kappa shape index (κ2) is 5.15. The van der Waals surface area contributed by atoms with Crippen molar-refractivity contribution in [2.75, 3.05) is 0 Å². The molecule has 1 aromatic carbocycles. The molecule has 17 heavy (non-hydrogen) atoms. The second-order valence-electron chi connectivity index (χ2n) is 4.39. The molecule has 1 aromatic rings. The van der Waals surface area contributed by atoms with Crippen molar-refractivity contribution in [3.63, 3.8) is 0 Å². The Morgan fingerprint density at radius 3 is 2.76 bits per heavy atom. The highest BCUT2D eigenvalue weighted by atomic mass is 16.3. The molecule has 0 unspecified atom stereocenters. The zero-order chi connectivity index (χ0) is 12.3. The predicted octanol–water partition coefficient (Wildman–Crippen LogP) is 3.70. The molecule has 0 amide bonds. The van der Waals surface area contributed by atoms with E-state index in [-0.39, 0.29) is 6.61 Å². The van der Waals surface area contributed by atoms with Crippen LogP contribution in [0.2, 0.25) is 0 Å². The number of aliphatic hydroxyl groups excluding tert-OH is 1. The van der Waals surface area contributed by atoms with Crippen LogP contribution >= 0.6 is 0 Å². The molecule has 1 N–H and O–H groups in total. The maximum absolute atomic E-state index is 9.47. The summed E-state index contributed by atoms with van der Waals surface area (Å²) in [6.45, 7) is 4.31. The van der Waals surface area contributed by atoms with Gasteiger partial charge in [0.25, 0.3) is 0 Å². The maximum atomic E-state index is 9.47. The fourth-order valence-electron chi connectivity index (χ4n) is 2.15. The van der Waals surface area contributed by atoms with E-state index >= 15 is 0 Å². The van der Waals surface area contributed by atoms with Crippen molar-refractivity contribution >= 4 is 5.57 Å². The summed E-state index contributed by atoms with van der Waals surface area (Å²) >= 11 is 0. The molecular formula is C16H18O. The zero-order valence-electron chi connectivity index (χ0n) is 10.4. The first kappa shape index (κ1) is 11.9. The van der Waals surface area contributed by atoms with Crippen LogP contribution in [0.4, 0.5) is 0 Å². The van der Waals surface area contributed by atoms with E-state index in [2.05, 4.69) is 50.3 Å². The Morgan fingerprint density at radius 1 is 1.18 bits per heavy atom. The lowest BCUT2D eigenvalue weighted by Gasteiger charge is -2.14. The minimum absolute atomic E-state index is 0.0886. The molecule has 1 nitrogen and oxygen atoms in total. The zero-order valence-corrected chi connectivity index (χ0v) is 10.4.